The maximum absolute atomic E-state index is 11.8. The zero-order chi connectivity index (χ0) is 15.0. The van der Waals surface area contributed by atoms with Crippen molar-refractivity contribution < 1.29 is 9.53 Å². The third kappa shape index (κ3) is 7.26. The van der Waals surface area contributed by atoms with Gasteiger partial charge in [-0.05, 0) is 26.0 Å². The number of nitrogens with zero attached hydrogens (tertiary/aromatic N) is 2. The van der Waals surface area contributed by atoms with Crippen molar-refractivity contribution in [3.63, 3.8) is 0 Å². The van der Waals surface area contributed by atoms with Crippen LogP contribution in [-0.4, -0.2) is 43.7 Å². The Morgan fingerprint density at radius 2 is 2.00 bits per heavy atom. The second-order valence-corrected chi connectivity index (χ2v) is 4.42. The van der Waals surface area contributed by atoms with Gasteiger partial charge in [-0.25, -0.2) is 4.98 Å². The van der Waals surface area contributed by atoms with Gasteiger partial charge < -0.3 is 20.7 Å². The molecule has 0 aliphatic rings. The Balaban J connectivity index is 0. The minimum absolute atomic E-state index is 0. The number of ether oxygens (including phenoxy) is 1. The first-order valence-electron chi connectivity index (χ1n) is 6.88. The predicted molar refractivity (Wildman–Crippen MR) is 95.4 cm³/mol. The van der Waals surface area contributed by atoms with Gasteiger partial charge in [-0.2, -0.15) is 0 Å². The highest BCUT2D eigenvalue weighted by Gasteiger charge is 2.12. The van der Waals surface area contributed by atoms with Gasteiger partial charge in [-0.15, -0.1) is 24.8 Å². The molecule has 0 spiro atoms. The van der Waals surface area contributed by atoms with E-state index >= 15 is 0 Å². The number of pyridine rings is 1. The summed E-state index contributed by atoms with van der Waals surface area (Å²) in [6.45, 7) is 6.29. The van der Waals surface area contributed by atoms with Crippen molar-refractivity contribution in [1.29, 1.82) is 0 Å². The van der Waals surface area contributed by atoms with Gasteiger partial charge in [-0.1, -0.05) is 0 Å². The number of carbonyl (C=O) groups is 1. The van der Waals surface area contributed by atoms with Gasteiger partial charge in [0.25, 0.3) is 0 Å². The first-order valence-corrected chi connectivity index (χ1v) is 6.88. The van der Waals surface area contributed by atoms with Gasteiger partial charge in [0.15, 0.2) is 0 Å². The molecule has 6 nitrogen and oxygen atoms in total. The molecule has 0 saturated heterocycles. The third-order valence-electron chi connectivity index (χ3n) is 3.13. The number of rotatable bonds is 8. The van der Waals surface area contributed by atoms with Crippen LogP contribution in [0.3, 0.4) is 0 Å². The number of nitrogens with one attached hydrogen (secondary N) is 1. The lowest BCUT2D eigenvalue weighted by molar-refractivity contribution is -0.118. The molecule has 0 aliphatic heterocycles. The average molecular weight is 353 g/mol. The van der Waals surface area contributed by atoms with Gasteiger partial charge in [0.2, 0.25) is 5.91 Å². The Morgan fingerprint density at radius 3 is 2.41 bits per heavy atom. The molecule has 1 amide bonds. The number of anilines is 2. The fourth-order valence-corrected chi connectivity index (χ4v) is 1.88. The van der Waals surface area contributed by atoms with Crippen LogP contribution in [0.4, 0.5) is 11.5 Å². The minimum atomic E-state index is -0.252. The van der Waals surface area contributed by atoms with Gasteiger partial charge in [0, 0.05) is 26.7 Å². The van der Waals surface area contributed by atoms with E-state index in [1.54, 1.807) is 13.3 Å². The van der Waals surface area contributed by atoms with Crippen molar-refractivity contribution in [2.75, 3.05) is 37.0 Å². The molecule has 0 radical (unpaired) electrons. The number of hydrogen-bond acceptors (Lipinski definition) is 5. The van der Waals surface area contributed by atoms with Crippen LogP contribution < -0.4 is 16.0 Å². The van der Waals surface area contributed by atoms with Crippen LogP contribution in [0.1, 0.15) is 20.3 Å². The van der Waals surface area contributed by atoms with Gasteiger partial charge in [-0.3, -0.25) is 4.79 Å². The molecule has 1 atom stereocenters. The first kappa shape index (κ1) is 23.2. The summed E-state index contributed by atoms with van der Waals surface area (Å²) in [7, 11) is 1.55. The molecule has 1 heterocycles. The van der Waals surface area contributed by atoms with Crippen molar-refractivity contribution in [1.82, 2.24) is 4.98 Å². The maximum Gasteiger partial charge on any atom is 0.227 e. The number of carbonyl (C=O) groups excluding carboxylic acids is 1. The summed E-state index contributed by atoms with van der Waals surface area (Å²) in [5.74, 6) is 0.782. The smallest absolute Gasteiger partial charge is 0.227 e. The standard InChI is InChI=1S/C14H24N4O2.2ClH/c1-4-18(5-2)13-7-6-11(10-16-13)17-14(19)8-12(9-15)20-3;;/h6-7,10,12H,4-5,8-9,15H2,1-3H3,(H,17,19);2*1H. The van der Waals surface area contributed by atoms with E-state index in [1.165, 1.54) is 0 Å². The molecule has 1 unspecified atom stereocenters. The van der Waals surface area contributed by atoms with Gasteiger partial charge in [0.1, 0.15) is 5.82 Å². The zero-order valence-corrected chi connectivity index (χ0v) is 14.9. The molecule has 0 fully saturated rings. The number of methoxy groups -OCH3 is 1. The second-order valence-electron chi connectivity index (χ2n) is 4.42. The fraction of sp³-hybridized carbons (Fsp3) is 0.571. The Kier molecular flexibility index (Phi) is 13.1. The number of aromatic nitrogens is 1. The summed E-state index contributed by atoms with van der Waals surface area (Å²) in [5.41, 5.74) is 6.16. The molecule has 0 aliphatic carbocycles. The lowest BCUT2D eigenvalue weighted by Gasteiger charge is -2.19. The number of halogens is 2. The van der Waals surface area contributed by atoms with Crippen LogP contribution in [0.5, 0.6) is 0 Å². The van der Waals surface area contributed by atoms with Gasteiger partial charge >= 0.3 is 0 Å². The molecule has 0 saturated carbocycles. The van der Waals surface area contributed by atoms with Crippen molar-refractivity contribution in [2.24, 2.45) is 5.73 Å². The highest BCUT2D eigenvalue weighted by molar-refractivity contribution is 5.90. The quantitative estimate of drug-likeness (QED) is 0.748. The van der Waals surface area contributed by atoms with Gasteiger partial charge in [0.05, 0.1) is 24.4 Å². The van der Waals surface area contributed by atoms with Crippen LogP contribution in [0.15, 0.2) is 18.3 Å². The molecule has 8 heteroatoms. The lowest BCUT2D eigenvalue weighted by atomic mass is 10.2. The summed E-state index contributed by atoms with van der Waals surface area (Å²) in [5, 5.41) is 2.79. The average Bonchev–Trinajstić information content (AvgIpc) is 2.47. The Hall–Kier alpha value is -1.08. The summed E-state index contributed by atoms with van der Waals surface area (Å²) < 4.78 is 5.08. The molecule has 1 aromatic heterocycles. The number of hydrogen-bond donors (Lipinski definition) is 2. The van der Waals surface area contributed by atoms with E-state index in [4.69, 9.17) is 10.5 Å². The van der Waals surface area contributed by atoms with Crippen molar-refractivity contribution in [3.8, 4) is 0 Å². The second kappa shape index (κ2) is 12.5. The minimum Gasteiger partial charge on any atom is -0.380 e. The van der Waals surface area contributed by atoms with Crippen molar-refractivity contribution in [3.05, 3.63) is 18.3 Å². The van der Waals surface area contributed by atoms with Crippen LogP contribution in [0.25, 0.3) is 0 Å². The van der Waals surface area contributed by atoms with E-state index in [1.807, 2.05) is 12.1 Å². The van der Waals surface area contributed by atoms with Crippen LogP contribution in [-0.2, 0) is 9.53 Å². The van der Waals surface area contributed by atoms with Crippen molar-refractivity contribution >= 4 is 42.2 Å². The SMILES string of the molecule is CCN(CC)c1ccc(NC(=O)CC(CN)OC)cn1.Cl.Cl. The first-order chi connectivity index (χ1) is 9.64. The maximum atomic E-state index is 11.8. The molecular weight excluding hydrogens is 327 g/mol. The van der Waals surface area contributed by atoms with E-state index in [0.717, 1.165) is 18.9 Å². The zero-order valence-electron chi connectivity index (χ0n) is 13.2. The highest BCUT2D eigenvalue weighted by atomic mass is 35.5. The summed E-state index contributed by atoms with van der Waals surface area (Å²) in [6, 6.07) is 3.75. The summed E-state index contributed by atoms with van der Waals surface area (Å²) in [4.78, 5) is 18.3. The highest BCUT2D eigenvalue weighted by Crippen LogP contribution is 2.14. The van der Waals surface area contributed by atoms with E-state index in [0.29, 0.717) is 12.2 Å². The Morgan fingerprint density at radius 1 is 1.36 bits per heavy atom. The van der Waals surface area contributed by atoms with E-state index in [-0.39, 0.29) is 43.2 Å². The van der Waals surface area contributed by atoms with E-state index < -0.39 is 0 Å². The van der Waals surface area contributed by atoms with E-state index in [2.05, 4.69) is 29.0 Å². The molecular formula is C14H26Cl2N4O2. The topological polar surface area (TPSA) is 80.5 Å². The molecule has 3 N–H and O–H groups in total. The normalized spacial score (nSPS) is 10.9. The molecule has 0 bridgehead atoms. The molecule has 0 aromatic carbocycles. The number of nitrogens with two attached hydrogens (primary N) is 1. The molecule has 22 heavy (non-hydrogen) atoms. The Bertz CT molecular complexity index is 410. The lowest BCUT2D eigenvalue weighted by Crippen LogP contribution is -2.28. The Labute approximate surface area is 144 Å². The molecule has 1 aromatic rings. The van der Waals surface area contributed by atoms with Crippen LogP contribution in [0, 0.1) is 0 Å². The van der Waals surface area contributed by atoms with Crippen LogP contribution in [0.2, 0.25) is 0 Å². The summed E-state index contributed by atoms with van der Waals surface area (Å²) >= 11 is 0. The molecule has 1 rings (SSSR count). The largest absolute Gasteiger partial charge is 0.380 e. The monoisotopic (exact) mass is 352 g/mol. The van der Waals surface area contributed by atoms with E-state index in [9.17, 15) is 4.79 Å². The molecule has 128 valence electrons. The van der Waals surface area contributed by atoms with Crippen molar-refractivity contribution in [2.45, 2.75) is 26.4 Å². The fourth-order valence-electron chi connectivity index (χ4n) is 1.88. The predicted octanol–water partition coefficient (Wildman–Crippen LogP) is 2.07. The van der Waals surface area contributed by atoms with Crippen LogP contribution >= 0.6 is 24.8 Å². The third-order valence-corrected chi connectivity index (χ3v) is 3.13. The number of amides is 1. The summed E-state index contributed by atoms with van der Waals surface area (Å²) in [6.07, 6.45) is 1.65.